The molecule has 1 aromatic rings. The van der Waals surface area contributed by atoms with Gasteiger partial charge in [0.2, 0.25) is 0 Å². The molecule has 23 heavy (non-hydrogen) atoms. The first-order valence-electron chi connectivity index (χ1n) is 8.46. The number of hydrogen-bond donors (Lipinski definition) is 0. The normalized spacial score (nSPS) is 26.1. The van der Waals surface area contributed by atoms with Gasteiger partial charge in [0.05, 0.1) is 12.2 Å². The van der Waals surface area contributed by atoms with Crippen molar-refractivity contribution in [2.75, 3.05) is 0 Å². The molecule has 0 amide bonds. The lowest BCUT2D eigenvalue weighted by molar-refractivity contribution is -0.293. The van der Waals surface area contributed by atoms with Crippen LogP contribution in [0.4, 0.5) is 0 Å². The Balaban J connectivity index is 2.12. The van der Waals surface area contributed by atoms with E-state index in [1.54, 1.807) is 0 Å². The van der Waals surface area contributed by atoms with Gasteiger partial charge in [-0.3, -0.25) is 4.79 Å². The molecule has 1 heterocycles. The van der Waals surface area contributed by atoms with Crippen LogP contribution in [0.3, 0.4) is 0 Å². The Labute approximate surface area is 140 Å². The number of benzene rings is 1. The molecule has 0 saturated carbocycles. The third kappa shape index (κ3) is 4.89. The summed E-state index contributed by atoms with van der Waals surface area (Å²) in [5.41, 5.74) is 0.668. The molecular formula is C20H30O3. The molecule has 0 unspecified atom stereocenters. The Hall–Kier alpha value is -1.19. The summed E-state index contributed by atoms with van der Waals surface area (Å²) < 4.78 is 12.3. The SMILES string of the molecule is CC(C)(C)[C@H]1O[C@H](CC(=O)c2ccccc2)C[C@H](C(C)(C)C)O1. The zero-order chi connectivity index (χ0) is 17.3. The van der Waals surface area contributed by atoms with E-state index in [1.807, 2.05) is 30.3 Å². The van der Waals surface area contributed by atoms with Gasteiger partial charge in [-0.2, -0.15) is 0 Å². The zero-order valence-corrected chi connectivity index (χ0v) is 15.3. The van der Waals surface area contributed by atoms with Gasteiger partial charge in [0.25, 0.3) is 0 Å². The van der Waals surface area contributed by atoms with Crippen LogP contribution in [-0.4, -0.2) is 24.3 Å². The van der Waals surface area contributed by atoms with Crippen LogP contribution >= 0.6 is 0 Å². The Kier molecular flexibility index (Phi) is 5.32. The van der Waals surface area contributed by atoms with Crippen molar-refractivity contribution in [2.24, 2.45) is 10.8 Å². The van der Waals surface area contributed by atoms with E-state index in [0.29, 0.717) is 6.42 Å². The topological polar surface area (TPSA) is 35.5 Å². The van der Waals surface area contributed by atoms with Crippen LogP contribution in [0.5, 0.6) is 0 Å². The summed E-state index contributed by atoms with van der Waals surface area (Å²) >= 11 is 0. The average molecular weight is 318 g/mol. The molecular weight excluding hydrogens is 288 g/mol. The molecule has 1 aromatic carbocycles. The van der Waals surface area contributed by atoms with Gasteiger partial charge in [0.1, 0.15) is 0 Å². The van der Waals surface area contributed by atoms with Crippen LogP contribution in [0.15, 0.2) is 30.3 Å². The Morgan fingerprint density at radius 1 is 1.00 bits per heavy atom. The summed E-state index contributed by atoms with van der Waals surface area (Å²) in [6.07, 6.45) is 0.884. The van der Waals surface area contributed by atoms with E-state index < -0.39 is 0 Å². The van der Waals surface area contributed by atoms with E-state index in [1.165, 1.54) is 0 Å². The minimum absolute atomic E-state index is 0.0291. The van der Waals surface area contributed by atoms with Gasteiger partial charge in [-0.25, -0.2) is 0 Å². The molecule has 1 fully saturated rings. The molecule has 128 valence electrons. The van der Waals surface area contributed by atoms with Crippen LogP contribution < -0.4 is 0 Å². The summed E-state index contributed by atoms with van der Waals surface area (Å²) in [6, 6.07) is 9.45. The van der Waals surface area contributed by atoms with E-state index in [4.69, 9.17) is 9.47 Å². The molecule has 0 radical (unpaired) electrons. The van der Waals surface area contributed by atoms with E-state index in [9.17, 15) is 4.79 Å². The summed E-state index contributed by atoms with van der Waals surface area (Å²) in [7, 11) is 0. The van der Waals surface area contributed by atoms with Crippen LogP contribution in [-0.2, 0) is 9.47 Å². The number of ether oxygens (including phenoxy) is 2. The molecule has 1 aliphatic rings. The van der Waals surface area contributed by atoms with Crippen LogP contribution in [0.2, 0.25) is 0 Å². The molecule has 0 aliphatic carbocycles. The summed E-state index contributed by atoms with van der Waals surface area (Å²) in [4.78, 5) is 12.5. The molecule has 3 atom stereocenters. The number of carbonyl (C=O) groups excluding carboxylic acids is 1. The number of rotatable bonds is 3. The fraction of sp³-hybridized carbons (Fsp3) is 0.650. The summed E-state index contributed by atoms with van der Waals surface area (Å²) in [6.45, 7) is 12.9. The predicted octanol–water partition coefficient (Wildman–Crippen LogP) is 4.85. The molecule has 3 heteroatoms. The van der Waals surface area contributed by atoms with Crippen LogP contribution in [0.25, 0.3) is 0 Å². The van der Waals surface area contributed by atoms with Crippen molar-refractivity contribution in [1.82, 2.24) is 0 Å². The smallest absolute Gasteiger partial charge is 0.165 e. The predicted molar refractivity (Wildman–Crippen MR) is 92.5 cm³/mol. The summed E-state index contributed by atoms with van der Waals surface area (Å²) in [5.74, 6) is 0.137. The number of ketones is 1. The van der Waals surface area contributed by atoms with Gasteiger partial charge in [-0.05, 0) is 5.41 Å². The molecule has 1 saturated heterocycles. The first-order valence-corrected chi connectivity index (χ1v) is 8.46. The second-order valence-corrected chi connectivity index (χ2v) is 8.68. The van der Waals surface area contributed by atoms with Gasteiger partial charge >= 0.3 is 0 Å². The largest absolute Gasteiger partial charge is 0.348 e. The van der Waals surface area contributed by atoms with Gasteiger partial charge in [0.15, 0.2) is 12.1 Å². The first-order chi connectivity index (χ1) is 10.6. The van der Waals surface area contributed by atoms with Crippen molar-refractivity contribution in [2.45, 2.75) is 72.9 Å². The van der Waals surface area contributed by atoms with Crippen molar-refractivity contribution in [3.05, 3.63) is 35.9 Å². The van der Waals surface area contributed by atoms with Crippen molar-refractivity contribution >= 4 is 5.78 Å². The average Bonchev–Trinajstić information content (AvgIpc) is 2.46. The van der Waals surface area contributed by atoms with E-state index in [2.05, 4.69) is 41.5 Å². The quantitative estimate of drug-likeness (QED) is 0.747. The molecule has 0 bridgehead atoms. The Bertz CT molecular complexity index is 500. The fourth-order valence-electron chi connectivity index (χ4n) is 2.75. The second kappa shape index (κ2) is 6.74. The number of carbonyl (C=O) groups is 1. The fourth-order valence-corrected chi connectivity index (χ4v) is 2.75. The number of hydrogen-bond acceptors (Lipinski definition) is 3. The van der Waals surface area contributed by atoms with Crippen molar-refractivity contribution in [1.29, 1.82) is 0 Å². The Morgan fingerprint density at radius 3 is 2.13 bits per heavy atom. The third-order valence-corrected chi connectivity index (χ3v) is 4.26. The lowest BCUT2D eigenvalue weighted by Gasteiger charge is -2.45. The highest BCUT2D eigenvalue weighted by atomic mass is 16.7. The molecule has 0 N–H and O–H groups in total. The van der Waals surface area contributed by atoms with Crippen LogP contribution in [0, 0.1) is 10.8 Å². The molecule has 3 nitrogen and oxygen atoms in total. The lowest BCUT2D eigenvalue weighted by atomic mass is 9.83. The maximum absolute atomic E-state index is 12.5. The Morgan fingerprint density at radius 2 is 1.61 bits per heavy atom. The minimum Gasteiger partial charge on any atom is -0.348 e. The van der Waals surface area contributed by atoms with Crippen LogP contribution in [0.1, 0.15) is 64.7 Å². The standard InChI is InChI=1S/C20H30O3/c1-19(2,3)17-13-15(22-18(23-17)20(4,5)6)12-16(21)14-10-8-7-9-11-14/h7-11,15,17-18H,12-13H2,1-6H3/t15-,17-,18+/m1/s1. The maximum atomic E-state index is 12.5. The lowest BCUT2D eigenvalue weighted by Crippen LogP contribution is -2.49. The van der Waals surface area contributed by atoms with E-state index in [0.717, 1.165) is 12.0 Å². The van der Waals surface area contributed by atoms with Gasteiger partial charge in [-0.15, -0.1) is 0 Å². The summed E-state index contributed by atoms with van der Waals surface area (Å²) in [5, 5.41) is 0. The monoisotopic (exact) mass is 318 g/mol. The van der Waals surface area contributed by atoms with Crippen molar-refractivity contribution in [3.8, 4) is 0 Å². The molecule has 1 aliphatic heterocycles. The number of Topliss-reactive ketones (excluding diaryl/α,β-unsaturated/α-hetero) is 1. The van der Waals surface area contributed by atoms with E-state index in [-0.39, 0.29) is 35.1 Å². The molecule has 2 rings (SSSR count). The molecule has 0 spiro atoms. The molecule has 0 aromatic heterocycles. The van der Waals surface area contributed by atoms with Gasteiger partial charge in [-0.1, -0.05) is 71.9 Å². The van der Waals surface area contributed by atoms with E-state index >= 15 is 0 Å². The highest BCUT2D eigenvalue weighted by Crippen LogP contribution is 2.38. The maximum Gasteiger partial charge on any atom is 0.165 e. The van der Waals surface area contributed by atoms with Crippen molar-refractivity contribution < 1.29 is 14.3 Å². The first kappa shape index (κ1) is 18.2. The highest BCUT2D eigenvalue weighted by Gasteiger charge is 2.41. The highest BCUT2D eigenvalue weighted by molar-refractivity contribution is 5.96. The van der Waals surface area contributed by atoms with Crippen molar-refractivity contribution in [3.63, 3.8) is 0 Å². The third-order valence-electron chi connectivity index (χ3n) is 4.26. The van der Waals surface area contributed by atoms with Gasteiger partial charge < -0.3 is 9.47 Å². The minimum atomic E-state index is -0.283. The second-order valence-electron chi connectivity index (χ2n) is 8.68. The van der Waals surface area contributed by atoms with Gasteiger partial charge in [0, 0.05) is 23.8 Å². The zero-order valence-electron chi connectivity index (χ0n) is 15.3.